The Balaban J connectivity index is 1.95. The molecule has 0 bridgehead atoms. The number of carbonyl (C=O) groups excluding carboxylic acids is 2. The molecule has 2 rings (SSSR count). The summed E-state index contributed by atoms with van der Waals surface area (Å²) in [7, 11) is 0. The third kappa shape index (κ3) is 3.67. The Morgan fingerprint density at radius 3 is 2.32 bits per heavy atom. The van der Waals surface area contributed by atoms with Gasteiger partial charge in [0.2, 0.25) is 0 Å². The molecule has 2 saturated heterocycles. The largest absolute Gasteiger partial charge is 0.372 e. The third-order valence-electron chi connectivity index (χ3n) is 3.52. The fourth-order valence-corrected chi connectivity index (χ4v) is 2.66. The molecule has 2 fully saturated rings. The topological polar surface area (TPSA) is 61.9 Å². The van der Waals surface area contributed by atoms with E-state index in [4.69, 9.17) is 4.74 Å². The molecule has 2 heterocycles. The van der Waals surface area contributed by atoms with E-state index < -0.39 is 0 Å². The van der Waals surface area contributed by atoms with Crippen molar-refractivity contribution >= 4 is 11.8 Å². The SMILES string of the molecule is CC1CN(C(=O)C(=O)N2CCCNCC2)CC(C)O1. The van der Waals surface area contributed by atoms with Crippen LogP contribution in [0.25, 0.3) is 0 Å². The van der Waals surface area contributed by atoms with E-state index in [1.165, 1.54) is 0 Å². The Labute approximate surface area is 114 Å². The molecule has 108 valence electrons. The van der Waals surface area contributed by atoms with Crippen LogP contribution in [-0.4, -0.2) is 73.1 Å². The van der Waals surface area contributed by atoms with Gasteiger partial charge < -0.3 is 19.9 Å². The fraction of sp³-hybridized carbons (Fsp3) is 0.846. The van der Waals surface area contributed by atoms with Gasteiger partial charge in [-0.05, 0) is 26.8 Å². The zero-order valence-electron chi connectivity index (χ0n) is 11.7. The first kappa shape index (κ1) is 14.3. The zero-order valence-corrected chi connectivity index (χ0v) is 11.7. The first-order valence-corrected chi connectivity index (χ1v) is 7.02. The molecule has 0 radical (unpaired) electrons. The lowest BCUT2D eigenvalue weighted by atomic mass is 10.2. The van der Waals surface area contributed by atoms with Crippen molar-refractivity contribution in [3.8, 4) is 0 Å². The standard InChI is InChI=1S/C13H23N3O3/c1-10-8-16(9-11(2)19-10)13(18)12(17)15-6-3-4-14-5-7-15/h10-11,14H,3-9H2,1-2H3. The highest BCUT2D eigenvalue weighted by Crippen LogP contribution is 2.11. The molecule has 0 aliphatic carbocycles. The van der Waals surface area contributed by atoms with E-state index in [9.17, 15) is 9.59 Å². The van der Waals surface area contributed by atoms with Crippen LogP contribution in [0.15, 0.2) is 0 Å². The number of hydrogen-bond acceptors (Lipinski definition) is 4. The van der Waals surface area contributed by atoms with Gasteiger partial charge in [0.05, 0.1) is 12.2 Å². The molecule has 2 unspecified atom stereocenters. The van der Waals surface area contributed by atoms with E-state index in [1.54, 1.807) is 9.80 Å². The number of hydrogen-bond donors (Lipinski definition) is 1. The summed E-state index contributed by atoms with van der Waals surface area (Å²) in [5.41, 5.74) is 0. The normalized spacial score (nSPS) is 28.9. The molecule has 19 heavy (non-hydrogen) atoms. The Hall–Kier alpha value is -1.14. The van der Waals surface area contributed by atoms with Crippen LogP contribution in [0.5, 0.6) is 0 Å². The smallest absolute Gasteiger partial charge is 0.312 e. The van der Waals surface area contributed by atoms with Crippen LogP contribution in [0, 0.1) is 0 Å². The highest BCUT2D eigenvalue weighted by atomic mass is 16.5. The van der Waals surface area contributed by atoms with Gasteiger partial charge in [-0.15, -0.1) is 0 Å². The van der Waals surface area contributed by atoms with Gasteiger partial charge in [-0.3, -0.25) is 9.59 Å². The van der Waals surface area contributed by atoms with E-state index in [-0.39, 0.29) is 24.0 Å². The Morgan fingerprint density at radius 2 is 1.63 bits per heavy atom. The van der Waals surface area contributed by atoms with Crippen LogP contribution in [0.1, 0.15) is 20.3 Å². The fourth-order valence-electron chi connectivity index (χ4n) is 2.66. The molecule has 0 aromatic rings. The van der Waals surface area contributed by atoms with Crippen molar-refractivity contribution < 1.29 is 14.3 Å². The van der Waals surface area contributed by atoms with Crippen molar-refractivity contribution in [2.45, 2.75) is 32.5 Å². The maximum Gasteiger partial charge on any atom is 0.312 e. The van der Waals surface area contributed by atoms with Crippen molar-refractivity contribution in [3.63, 3.8) is 0 Å². The third-order valence-corrected chi connectivity index (χ3v) is 3.52. The second-order valence-electron chi connectivity index (χ2n) is 5.36. The lowest BCUT2D eigenvalue weighted by Crippen LogP contribution is -2.53. The molecular weight excluding hydrogens is 246 g/mol. The molecule has 2 amide bonds. The molecule has 0 saturated carbocycles. The average Bonchev–Trinajstić information content (AvgIpc) is 2.64. The molecule has 2 aliphatic rings. The van der Waals surface area contributed by atoms with Crippen molar-refractivity contribution in [2.24, 2.45) is 0 Å². The van der Waals surface area contributed by atoms with Gasteiger partial charge in [0.25, 0.3) is 0 Å². The van der Waals surface area contributed by atoms with Crippen LogP contribution < -0.4 is 5.32 Å². The number of morpholine rings is 1. The summed E-state index contributed by atoms with van der Waals surface area (Å²) in [6, 6.07) is 0. The summed E-state index contributed by atoms with van der Waals surface area (Å²) in [5, 5.41) is 3.23. The first-order valence-electron chi connectivity index (χ1n) is 7.02. The minimum Gasteiger partial charge on any atom is -0.372 e. The average molecular weight is 269 g/mol. The number of carbonyl (C=O) groups is 2. The van der Waals surface area contributed by atoms with Crippen LogP contribution >= 0.6 is 0 Å². The van der Waals surface area contributed by atoms with Crippen molar-refractivity contribution in [2.75, 3.05) is 39.3 Å². The van der Waals surface area contributed by atoms with Crippen molar-refractivity contribution in [1.29, 1.82) is 0 Å². The second kappa shape index (κ2) is 6.34. The molecule has 2 atom stereocenters. The predicted octanol–water partition coefficient (Wildman–Crippen LogP) is -0.556. The molecule has 0 spiro atoms. The monoisotopic (exact) mass is 269 g/mol. The van der Waals surface area contributed by atoms with Crippen LogP contribution in [0.3, 0.4) is 0 Å². The van der Waals surface area contributed by atoms with Crippen molar-refractivity contribution in [1.82, 2.24) is 15.1 Å². The van der Waals surface area contributed by atoms with Gasteiger partial charge in [-0.2, -0.15) is 0 Å². The van der Waals surface area contributed by atoms with Crippen LogP contribution in [0.2, 0.25) is 0 Å². The Kier molecular flexibility index (Phi) is 4.76. The van der Waals surface area contributed by atoms with Crippen LogP contribution in [0.4, 0.5) is 0 Å². The van der Waals surface area contributed by atoms with Crippen molar-refractivity contribution in [3.05, 3.63) is 0 Å². The van der Waals surface area contributed by atoms with E-state index in [1.807, 2.05) is 13.8 Å². The molecule has 2 aliphatic heterocycles. The quantitative estimate of drug-likeness (QED) is 0.599. The summed E-state index contributed by atoms with van der Waals surface area (Å²) in [5.74, 6) is -0.756. The summed E-state index contributed by atoms with van der Waals surface area (Å²) in [6.07, 6.45) is 0.882. The summed E-state index contributed by atoms with van der Waals surface area (Å²) in [4.78, 5) is 27.8. The highest BCUT2D eigenvalue weighted by Gasteiger charge is 2.32. The van der Waals surface area contributed by atoms with Gasteiger partial charge in [-0.25, -0.2) is 0 Å². The number of nitrogens with one attached hydrogen (secondary N) is 1. The van der Waals surface area contributed by atoms with E-state index in [0.29, 0.717) is 26.2 Å². The highest BCUT2D eigenvalue weighted by molar-refractivity contribution is 6.34. The van der Waals surface area contributed by atoms with E-state index >= 15 is 0 Å². The molecule has 0 aromatic carbocycles. The predicted molar refractivity (Wildman–Crippen MR) is 70.7 cm³/mol. The lowest BCUT2D eigenvalue weighted by molar-refractivity contribution is -0.158. The second-order valence-corrected chi connectivity index (χ2v) is 5.36. The Morgan fingerprint density at radius 1 is 1.00 bits per heavy atom. The Bertz CT molecular complexity index is 330. The number of rotatable bonds is 0. The number of nitrogens with zero attached hydrogens (tertiary/aromatic N) is 2. The molecule has 1 N–H and O–H groups in total. The van der Waals surface area contributed by atoms with Gasteiger partial charge in [-0.1, -0.05) is 0 Å². The number of amides is 2. The molecule has 0 aromatic heterocycles. The lowest BCUT2D eigenvalue weighted by Gasteiger charge is -2.35. The molecule has 6 nitrogen and oxygen atoms in total. The van der Waals surface area contributed by atoms with Gasteiger partial charge in [0.15, 0.2) is 0 Å². The van der Waals surface area contributed by atoms with Gasteiger partial charge >= 0.3 is 11.8 Å². The van der Waals surface area contributed by atoms with Gasteiger partial charge in [0, 0.05) is 32.7 Å². The van der Waals surface area contributed by atoms with E-state index in [2.05, 4.69) is 5.32 Å². The van der Waals surface area contributed by atoms with Gasteiger partial charge in [0.1, 0.15) is 0 Å². The van der Waals surface area contributed by atoms with Crippen LogP contribution in [-0.2, 0) is 14.3 Å². The minimum absolute atomic E-state index is 0.00806. The molecule has 6 heteroatoms. The zero-order chi connectivity index (χ0) is 13.8. The summed E-state index contributed by atoms with van der Waals surface area (Å²) < 4.78 is 5.58. The minimum atomic E-state index is -0.385. The number of ether oxygens (including phenoxy) is 1. The maximum atomic E-state index is 12.3. The first-order chi connectivity index (χ1) is 9.08. The van der Waals surface area contributed by atoms with E-state index in [0.717, 1.165) is 19.5 Å². The summed E-state index contributed by atoms with van der Waals surface area (Å²) in [6.45, 7) is 7.79. The maximum absolute atomic E-state index is 12.3. The molecular formula is C13H23N3O3. The summed E-state index contributed by atoms with van der Waals surface area (Å²) >= 11 is 0.